The van der Waals surface area contributed by atoms with Gasteiger partial charge in [0.05, 0.1) is 5.56 Å². The third-order valence-corrected chi connectivity index (χ3v) is 5.22. The van der Waals surface area contributed by atoms with Crippen molar-refractivity contribution in [3.63, 3.8) is 0 Å². The minimum absolute atomic E-state index is 0.109. The van der Waals surface area contributed by atoms with Gasteiger partial charge in [-0.1, -0.05) is 30.5 Å². The molecule has 154 valence electrons. The molecule has 2 aromatic rings. The van der Waals surface area contributed by atoms with Gasteiger partial charge in [-0.3, -0.25) is 10.1 Å². The number of hydrogen-bond donors (Lipinski definition) is 2. The smallest absolute Gasteiger partial charge is 0.340 e. The van der Waals surface area contributed by atoms with Crippen LogP contribution in [0.15, 0.2) is 30.3 Å². The Kier molecular flexibility index (Phi) is 6.36. The van der Waals surface area contributed by atoms with Crippen LogP contribution in [0.4, 0.5) is 4.79 Å². The fourth-order valence-electron chi connectivity index (χ4n) is 3.72. The zero-order chi connectivity index (χ0) is 21.0. The summed E-state index contributed by atoms with van der Waals surface area (Å²) in [6, 6.07) is 9.29. The van der Waals surface area contributed by atoms with Gasteiger partial charge in [-0.25, -0.2) is 9.59 Å². The van der Waals surface area contributed by atoms with E-state index in [9.17, 15) is 14.4 Å². The van der Waals surface area contributed by atoms with E-state index in [-0.39, 0.29) is 6.04 Å². The third kappa shape index (κ3) is 5.04. The minimum atomic E-state index is -0.652. The average Bonchev–Trinajstić information content (AvgIpc) is 3.28. The van der Waals surface area contributed by atoms with Gasteiger partial charge in [0.15, 0.2) is 6.61 Å². The minimum Gasteiger partial charge on any atom is -0.452 e. The van der Waals surface area contributed by atoms with Crippen LogP contribution in [0.2, 0.25) is 0 Å². The molecule has 0 spiro atoms. The zero-order valence-electron chi connectivity index (χ0n) is 17.1. The number of aryl methyl sites for hydroxylation is 2. The molecule has 0 radical (unpaired) electrons. The van der Waals surface area contributed by atoms with Crippen LogP contribution in [0.5, 0.6) is 0 Å². The number of carbonyl (C=O) groups excluding carboxylic acids is 3. The summed E-state index contributed by atoms with van der Waals surface area (Å²) in [4.78, 5) is 36.2. The van der Waals surface area contributed by atoms with Gasteiger partial charge < -0.3 is 14.6 Å². The summed E-state index contributed by atoms with van der Waals surface area (Å²) < 4.78 is 7.08. The van der Waals surface area contributed by atoms with E-state index in [1.807, 2.05) is 49.6 Å². The van der Waals surface area contributed by atoms with E-state index in [0.717, 1.165) is 48.3 Å². The zero-order valence-corrected chi connectivity index (χ0v) is 17.1. The first-order valence-corrected chi connectivity index (χ1v) is 9.88. The maximum Gasteiger partial charge on any atom is 0.340 e. The number of hydrogen-bond acceptors (Lipinski definition) is 4. The topological polar surface area (TPSA) is 89.4 Å². The summed E-state index contributed by atoms with van der Waals surface area (Å²) in [7, 11) is 0. The highest BCUT2D eigenvalue weighted by Gasteiger charge is 2.21. The number of ether oxygens (including phenoxy) is 1. The van der Waals surface area contributed by atoms with Crippen LogP contribution in [0.1, 0.15) is 53.0 Å². The number of nitrogens with zero attached hydrogens (tertiary/aromatic N) is 1. The number of carbonyl (C=O) groups is 3. The Labute approximate surface area is 170 Å². The second kappa shape index (κ2) is 8.94. The fraction of sp³-hybridized carbons (Fsp3) is 0.409. The molecular weight excluding hydrogens is 370 g/mol. The molecule has 7 heteroatoms. The Bertz CT molecular complexity index is 909. The first-order chi connectivity index (χ1) is 13.8. The number of amides is 3. The summed E-state index contributed by atoms with van der Waals surface area (Å²) in [6.45, 7) is 5.24. The molecule has 0 saturated heterocycles. The number of nitrogens with one attached hydrogen (secondary N) is 2. The molecule has 3 rings (SSSR count). The highest BCUT2D eigenvalue weighted by atomic mass is 16.5. The second-order valence-corrected chi connectivity index (χ2v) is 7.53. The van der Waals surface area contributed by atoms with E-state index in [1.165, 1.54) is 0 Å². The second-order valence-electron chi connectivity index (χ2n) is 7.53. The maximum absolute atomic E-state index is 12.5. The number of aromatic nitrogens is 1. The fourth-order valence-corrected chi connectivity index (χ4v) is 3.72. The van der Waals surface area contributed by atoms with Gasteiger partial charge in [-0.15, -0.1) is 0 Å². The molecule has 3 amide bonds. The Hall–Kier alpha value is -3.09. The van der Waals surface area contributed by atoms with Gasteiger partial charge in [0.2, 0.25) is 0 Å². The molecule has 1 heterocycles. The van der Waals surface area contributed by atoms with Crippen molar-refractivity contribution in [1.29, 1.82) is 0 Å². The third-order valence-electron chi connectivity index (χ3n) is 5.22. The Morgan fingerprint density at radius 3 is 2.38 bits per heavy atom. The van der Waals surface area contributed by atoms with Crippen LogP contribution in [0.3, 0.4) is 0 Å². The van der Waals surface area contributed by atoms with Crippen molar-refractivity contribution in [2.75, 3.05) is 6.61 Å². The molecule has 7 nitrogen and oxygen atoms in total. The average molecular weight is 397 g/mol. The van der Waals surface area contributed by atoms with E-state index in [1.54, 1.807) is 6.07 Å². The molecule has 0 aliphatic heterocycles. The molecule has 0 atom stereocenters. The lowest BCUT2D eigenvalue weighted by Gasteiger charge is -2.12. The summed E-state index contributed by atoms with van der Waals surface area (Å²) in [6.07, 6.45) is 4.01. The van der Waals surface area contributed by atoms with Crippen LogP contribution in [-0.2, 0) is 9.53 Å². The molecule has 1 aromatic heterocycles. The van der Waals surface area contributed by atoms with Crippen LogP contribution in [-0.4, -0.2) is 35.1 Å². The van der Waals surface area contributed by atoms with Gasteiger partial charge in [0, 0.05) is 23.1 Å². The predicted octanol–water partition coefficient (Wildman–Crippen LogP) is 3.33. The van der Waals surface area contributed by atoms with Crippen molar-refractivity contribution >= 4 is 17.9 Å². The van der Waals surface area contributed by atoms with Crippen molar-refractivity contribution < 1.29 is 19.1 Å². The molecule has 29 heavy (non-hydrogen) atoms. The lowest BCUT2D eigenvalue weighted by atomic mass is 10.2. The molecular formula is C22H27N3O4. The normalized spacial score (nSPS) is 13.9. The van der Waals surface area contributed by atoms with Gasteiger partial charge in [-0.05, 0) is 51.8 Å². The van der Waals surface area contributed by atoms with E-state index in [4.69, 9.17) is 4.74 Å². The SMILES string of the molecule is Cc1ccc(-n2c(C)cc(C(=O)OCC(=O)NC(=O)NC3CCCC3)c2C)cc1. The van der Waals surface area contributed by atoms with Crippen molar-refractivity contribution in [3.05, 3.63) is 52.8 Å². The van der Waals surface area contributed by atoms with Crippen molar-refractivity contribution in [1.82, 2.24) is 15.2 Å². The highest BCUT2D eigenvalue weighted by molar-refractivity contribution is 5.97. The van der Waals surface area contributed by atoms with Crippen LogP contribution < -0.4 is 10.6 Å². The van der Waals surface area contributed by atoms with E-state index in [2.05, 4.69) is 10.6 Å². The summed E-state index contributed by atoms with van der Waals surface area (Å²) in [5, 5.41) is 4.96. The first kappa shape index (κ1) is 20.6. The first-order valence-electron chi connectivity index (χ1n) is 9.88. The Balaban J connectivity index is 1.58. The molecule has 1 aliphatic carbocycles. The van der Waals surface area contributed by atoms with E-state index >= 15 is 0 Å². The Morgan fingerprint density at radius 2 is 1.72 bits per heavy atom. The van der Waals surface area contributed by atoms with Gasteiger partial charge in [0.25, 0.3) is 5.91 Å². The molecule has 2 N–H and O–H groups in total. The Morgan fingerprint density at radius 1 is 1.07 bits per heavy atom. The molecule has 1 saturated carbocycles. The van der Waals surface area contributed by atoms with Gasteiger partial charge >= 0.3 is 12.0 Å². The number of esters is 1. The lowest BCUT2D eigenvalue weighted by molar-refractivity contribution is -0.123. The molecule has 0 bridgehead atoms. The summed E-state index contributed by atoms with van der Waals surface area (Å²) in [5.41, 5.74) is 4.12. The molecule has 0 unspecified atom stereocenters. The van der Waals surface area contributed by atoms with Crippen LogP contribution in [0, 0.1) is 20.8 Å². The van der Waals surface area contributed by atoms with Crippen LogP contribution in [0.25, 0.3) is 5.69 Å². The number of urea groups is 1. The summed E-state index contributed by atoms with van der Waals surface area (Å²) in [5.74, 6) is -1.25. The molecule has 1 fully saturated rings. The quantitative estimate of drug-likeness (QED) is 0.758. The number of benzene rings is 1. The van der Waals surface area contributed by atoms with Crippen molar-refractivity contribution in [2.45, 2.75) is 52.5 Å². The van der Waals surface area contributed by atoms with Crippen molar-refractivity contribution in [3.8, 4) is 5.69 Å². The number of imide groups is 1. The van der Waals surface area contributed by atoms with E-state index in [0.29, 0.717) is 5.56 Å². The predicted molar refractivity (Wildman–Crippen MR) is 109 cm³/mol. The van der Waals surface area contributed by atoms with Gasteiger partial charge in [-0.2, -0.15) is 0 Å². The number of rotatable bonds is 5. The van der Waals surface area contributed by atoms with Crippen LogP contribution >= 0.6 is 0 Å². The highest BCUT2D eigenvalue weighted by Crippen LogP contribution is 2.22. The van der Waals surface area contributed by atoms with Gasteiger partial charge in [0.1, 0.15) is 0 Å². The van der Waals surface area contributed by atoms with Crippen molar-refractivity contribution in [2.24, 2.45) is 0 Å². The maximum atomic E-state index is 12.5. The summed E-state index contributed by atoms with van der Waals surface area (Å²) >= 11 is 0. The molecule has 1 aromatic carbocycles. The molecule has 1 aliphatic rings. The lowest BCUT2D eigenvalue weighted by Crippen LogP contribution is -2.45. The van der Waals surface area contributed by atoms with E-state index < -0.39 is 24.5 Å². The monoisotopic (exact) mass is 397 g/mol. The standard InChI is InChI=1S/C22H27N3O4/c1-14-8-10-18(11-9-14)25-15(2)12-19(16(25)3)21(27)29-13-20(26)24-22(28)23-17-6-4-5-7-17/h8-12,17H,4-7,13H2,1-3H3,(H2,23,24,26,28). The largest absolute Gasteiger partial charge is 0.452 e.